The van der Waals surface area contributed by atoms with E-state index < -0.39 is 17.8 Å². The average Bonchev–Trinajstić information content (AvgIpc) is 3.15. The highest BCUT2D eigenvalue weighted by Gasteiger charge is 2.34. The van der Waals surface area contributed by atoms with E-state index >= 15 is 0 Å². The summed E-state index contributed by atoms with van der Waals surface area (Å²) in [5.74, 6) is 0.867. The van der Waals surface area contributed by atoms with Crippen LogP contribution in [0, 0.1) is 0 Å². The molecule has 1 N–H and O–H groups in total. The van der Waals surface area contributed by atoms with Crippen LogP contribution in [0.1, 0.15) is 48.8 Å². The quantitative estimate of drug-likeness (QED) is 0.809. The van der Waals surface area contributed by atoms with E-state index in [4.69, 9.17) is 4.52 Å². The average molecular weight is 397 g/mol. The molecule has 1 aliphatic rings. The summed E-state index contributed by atoms with van der Waals surface area (Å²) < 4.78 is 45.2. The van der Waals surface area contributed by atoms with E-state index in [9.17, 15) is 13.2 Å². The number of nitrogens with one attached hydrogen (secondary N) is 1. The van der Waals surface area contributed by atoms with Crippen LogP contribution in [-0.4, -0.2) is 59.7 Å². The first-order valence-corrected chi connectivity index (χ1v) is 9.50. The van der Waals surface area contributed by atoms with E-state index in [1.165, 1.54) is 12.1 Å². The minimum Gasteiger partial charge on any atom is -0.337 e. The summed E-state index contributed by atoms with van der Waals surface area (Å²) >= 11 is 0. The molecule has 0 radical (unpaired) electrons. The van der Waals surface area contributed by atoms with Crippen molar-refractivity contribution in [1.82, 2.24) is 25.3 Å². The zero-order chi connectivity index (χ0) is 20.3. The van der Waals surface area contributed by atoms with Gasteiger partial charge >= 0.3 is 6.18 Å². The first-order valence-electron chi connectivity index (χ1n) is 9.50. The molecule has 1 aromatic heterocycles. The fraction of sp³-hybridized carbons (Fsp3) is 0.579. The highest BCUT2D eigenvalue weighted by molar-refractivity contribution is 5.31. The molecule has 2 aromatic rings. The summed E-state index contributed by atoms with van der Waals surface area (Å²) in [7, 11) is 2.00. The fourth-order valence-electron chi connectivity index (χ4n) is 3.57. The number of likely N-dealkylation sites (N-methyl/N-ethyl adjacent to an activating group) is 1. The highest BCUT2D eigenvalue weighted by Crippen LogP contribution is 2.34. The van der Waals surface area contributed by atoms with Gasteiger partial charge in [0.25, 0.3) is 0 Å². The number of rotatable bonds is 6. The molecule has 0 spiro atoms. The SMILES string of the molecule is CCN(CC)C(c1cccc(C(F)(F)F)c1)c1nc(C2CNCCN2C)no1. The number of nitrogens with zero attached hydrogens (tertiary/aromatic N) is 4. The summed E-state index contributed by atoms with van der Waals surface area (Å²) in [5.41, 5.74) is -0.193. The van der Waals surface area contributed by atoms with Gasteiger partial charge in [0.2, 0.25) is 5.89 Å². The molecular weight excluding hydrogens is 371 g/mol. The normalized spacial score (nSPS) is 19.9. The molecule has 154 valence electrons. The molecule has 2 atom stereocenters. The standard InChI is InChI=1S/C19H26F3N5O/c1-4-27(5-2)16(13-7-6-8-14(11-13)19(20,21)22)18-24-17(25-28-18)15-12-23-9-10-26(15)3/h6-8,11,15-16,23H,4-5,9-10,12H2,1-3H3. The maximum Gasteiger partial charge on any atom is 0.416 e. The largest absolute Gasteiger partial charge is 0.416 e. The second-order valence-electron chi connectivity index (χ2n) is 6.94. The number of piperazine rings is 1. The second-order valence-corrected chi connectivity index (χ2v) is 6.94. The Morgan fingerprint density at radius 2 is 2.07 bits per heavy atom. The molecular formula is C19H26F3N5O. The van der Waals surface area contributed by atoms with Gasteiger partial charge in [-0.1, -0.05) is 31.1 Å². The number of alkyl halides is 3. The molecule has 2 heterocycles. The van der Waals surface area contributed by atoms with Crippen LogP contribution in [0.15, 0.2) is 28.8 Å². The van der Waals surface area contributed by atoms with Crippen molar-refractivity contribution < 1.29 is 17.7 Å². The molecule has 1 fully saturated rings. The molecule has 0 aliphatic carbocycles. The predicted octanol–water partition coefficient (Wildman–Crippen LogP) is 3.10. The van der Waals surface area contributed by atoms with Gasteiger partial charge in [-0.2, -0.15) is 18.2 Å². The maximum absolute atomic E-state index is 13.2. The Kier molecular flexibility index (Phi) is 6.36. The number of benzene rings is 1. The van der Waals surface area contributed by atoms with Gasteiger partial charge in [-0.05, 0) is 37.8 Å². The zero-order valence-corrected chi connectivity index (χ0v) is 16.3. The first-order chi connectivity index (χ1) is 13.3. The molecule has 6 nitrogen and oxygen atoms in total. The van der Waals surface area contributed by atoms with Crippen LogP contribution in [-0.2, 0) is 6.18 Å². The van der Waals surface area contributed by atoms with Crippen molar-refractivity contribution in [3.8, 4) is 0 Å². The van der Waals surface area contributed by atoms with E-state index in [-0.39, 0.29) is 6.04 Å². The molecule has 9 heteroatoms. The number of halogens is 3. The number of hydrogen-bond acceptors (Lipinski definition) is 6. The van der Waals surface area contributed by atoms with Crippen molar-refractivity contribution in [1.29, 1.82) is 0 Å². The van der Waals surface area contributed by atoms with Crippen molar-refractivity contribution in [3.05, 3.63) is 47.1 Å². The minimum absolute atomic E-state index is 0.0230. The van der Waals surface area contributed by atoms with Gasteiger partial charge in [-0.3, -0.25) is 9.80 Å². The Morgan fingerprint density at radius 1 is 1.32 bits per heavy atom. The summed E-state index contributed by atoms with van der Waals surface area (Å²) in [6.07, 6.45) is -4.40. The molecule has 0 amide bonds. The number of aromatic nitrogens is 2. The van der Waals surface area contributed by atoms with Crippen LogP contribution in [0.3, 0.4) is 0 Å². The Bertz CT molecular complexity index is 775. The molecule has 1 aliphatic heterocycles. The van der Waals surface area contributed by atoms with Gasteiger partial charge < -0.3 is 9.84 Å². The van der Waals surface area contributed by atoms with Crippen LogP contribution in [0.25, 0.3) is 0 Å². The topological polar surface area (TPSA) is 57.4 Å². The molecule has 1 aromatic carbocycles. The van der Waals surface area contributed by atoms with Crippen LogP contribution in [0.5, 0.6) is 0 Å². The fourth-order valence-corrected chi connectivity index (χ4v) is 3.57. The number of hydrogen-bond donors (Lipinski definition) is 1. The van der Waals surface area contributed by atoms with Gasteiger partial charge in [0, 0.05) is 19.6 Å². The Balaban J connectivity index is 1.98. The lowest BCUT2D eigenvalue weighted by atomic mass is 10.0. The van der Waals surface area contributed by atoms with Gasteiger partial charge in [-0.25, -0.2) is 0 Å². The monoisotopic (exact) mass is 397 g/mol. The summed E-state index contributed by atoms with van der Waals surface area (Å²) in [6, 6.07) is 4.79. The maximum atomic E-state index is 13.2. The molecule has 28 heavy (non-hydrogen) atoms. The van der Waals surface area contributed by atoms with Gasteiger partial charge in [0.15, 0.2) is 5.82 Å². The lowest BCUT2D eigenvalue weighted by Gasteiger charge is -2.30. The van der Waals surface area contributed by atoms with Crippen LogP contribution in [0.2, 0.25) is 0 Å². The highest BCUT2D eigenvalue weighted by atomic mass is 19.4. The van der Waals surface area contributed by atoms with Crippen molar-refractivity contribution in [2.24, 2.45) is 0 Å². The third kappa shape index (κ3) is 4.37. The third-order valence-corrected chi connectivity index (χ3v) is 5.21. The van der Waals surface area contributed by atoms with Crippen LogP contribution >= 0.6 is 0 Å². The second kappa shape index (κ2) is 8.59. The lowest BCUT2D eigenvalue weighted by molar-refractivity contribution is -0.137. The van der Waals surface area contributed by atoms with Gasteiger partial charge in [0.1, 0.15) is 6.04 Å². The summed E-state index contributed by atoms with van der Waals surface area (Å²) in [6.45, 7) is 7.65. The van der Waals surface area contributed by atoms with Crippen LogP contribution in [0.4, 0.5) is 13.2 Å². The molecule has 2 unspecified atom stereocenters. The third-order valence-electron chi connectivity index (χ3n) is 5.21. The predicted molar refractivity (Wildman–Crippen MR) is 98.7 cm³/mol. The van der Waals surface area contributed by atoms with Crippen molar-refractivity contribution >= 4 is 0 Å². The van der Waals surface area contributed by atoms with Crippen molar-refractivity contribution in [3.63, 3.8) is 0 Å². The van der Waals surface area contributed by atoms with Crippen LogP contribution < -0.4 is 5.32 Å². The summed E-state index contributed by atoms with van der Waals surface area (Å²) in [4.78, 5) is 8.74. The van der Waals surface area contributed by atoms with E-state index in [0.717, 1.165) is 19.2 Å². The summed E-state index contributed by atoms with van der Waals surface area (Å²) in [5, 5.41) is 7.45. The van der Waals surface area contributed by atoms with E-state index in [2.05, 4.69) is 20.4 Å². The van der Waals surface area contributed by atoms with Gasteiger partial charge in [0.05, 0.1) is 11.6 Å². The Labute approximate surface area is 162 Å². The smallest absolute Gasteiger partial charge is 0.337 e. The first kappa shape index (κ1) is 20.8. The van der Waals surface area contributed by atoms with E-state index in [0.29, 0.717) is 36.9 Å². The zero-order valence-electron chi connectivity index (χ0n) is 16.3. The molecule has 1 saturated heterocycles. The molecule has 0 bridgehead atoms. The molecule has 3 rings (SSSR count). The lowest BCUT2D eigenvalue weighted by Crippen LogP contribution is -2.44. The Hall–Kier alpha value is -1.97. The minimum atomic E-state index is -4.40. The Morgan fingerprint density at radius 3 is 2.71 bits per heavy atom. The van der Waals surface area contributed by atoms with Gasteiger partial charge in [-0.15, -0.1) is 0 Å². The molecule has 0 saturated carbocycles. The van der Waals surface area contributed by atoms with E-state index in [1.807, 2.05) is 25.8 Å². The van der Waals surface area contributed by atoms with Crippen molar-refractivity contribution in [2.45, 2.75) is 32.1 Å². The van der Waals surface area contributed by atoms with E-state index in [1.54, 1.807) is 6.07 Å². The van der Waals surface area contributed by atoms with Crippen molar-refractivity contribution in [2.75, 3.05) is 39.8 Å².